The van der Waals surface area contributed by atoms with Gasteiger partial charge in [0.25, 0.3) is 0 Å². The molecule has 1 aliphatic heterocycles. The van der Waals surface area contributed by atoms with Crippen molar-refractivity contribution in [3.8, 4) is 0 Å². The Morgan fingerprint density at radius 1 is 1.33 bits per heavy atom. The number of carboxylic acid groups (broad SMARTS) is 1. The standard InChI is InChI=1S/C14H20N4O3/c1-9-11(13(20)21)8-15-14(16-9)17-10(2)12(19)18-6-4-3-5-7-18/h8,10H,3-7H2,1-2H3,(H,20,21)(H,15,16,17). The molecule has 0 aliphatic carbocycles. The smallest absolute Gasteiger partial charge is 0.339 e. The van der Waals surface area contributed by atoms with Crippen LogP contribution in [-0.4, -0.2) is 51.0 Å². The number of piperidine rings is 1. The third-order valence-electron chi connectivity index (χ3n) is 3.59. The molecule has 1 saturated heterocycles. The summed E-state index contributed by atoms with van der Waals surface area (Å²) in [6, 6.07) is -0.432. The number of amides is 1. The number of carbonyl (C=O) groups excluding carboxylic acids is 1. The molecule has 2 rings (SSSR count). The van der Waals surface area contributed by atoms with Gasteiger partial charge in [-0.3, -0.25) is 4.79 Å². The maximum absolute atomic E-state index is 12.3. The third kappa shape index (κ3) is 3.68. The Kier molecular flexibility index (Phi) is 4.72. The van der Waals surface area contributed by atoms with Crippen molar-refractivity contribution in [2.75, 3.05) is 18.4 Å². The van der Waals surface area contributed by atoms with Crippen molar-refractivity contribution in [3.63, 3.8) is 0 Å². The van der Waals surface area contributed by atoms with Gasteiger partial charge in [0.15, 0.2) is 0 Å². The van der Waals surface area contributed by atoms with E-state index < -0.39 is 12.0 Å². The molecule has 2 heterocycles. The maximum Gasteiger partial charge on any atom is 0.339 e. The molecule has 0 aromatic carbocycles. The van der Waals surface area contributed by atoms with E-state index in [4.69, 9.17) is 5.11 Å². The summed E-state index contributed by atoms with van der Waals surface area (Å²) >= 11 is 0. The molecule has 7 nitrogen and oxygen atoms in total. The van der Waals surface area contributed by atoms with Crippen LogP contribution in [-0.2, 0) is 4.79 Å². The first kappa shape index (κ1) is 15.2. The molecule has 1 aromatic rings. The normalized spacial score (nSPS) is 16.4. The van der Waals surface area contributed by atoms with Crippen LogP contribution in [0.4, 0.5) is 5.95 Å². The molecule has 1 aliphatic rings. The number of rotatable bonds is 4. The first-order valence-electron chi connectivity index (χ1n) is 7.11. The summed E-state index contributed by atoms with van der Waals surface area (Å²) in [7, 11) is 0. The number of carbonyl (C=O) groups is 2. The number of hydrogen-bond acceptors (Lipinski definition) is 5. The molecule has 1 amide bonds. The average Bonchev–Trinajstić information content (AvgIpc) is 2.47. The lowest BCUT2D eigenvalue weighted by Crippen LogP contribution is -2.44. The van der Waals surface area contributed by atoms with E-state index in [1.165, 1.54) is 12.6 Å². The largest absolute Gasteiger partial charge is 0.478 e. The highest BCUT2D eigenvalue weighted by molar-refractivity contribution is 5.88. The summed E-state index contributed by atoms with van der Waals surface area (Å²) in [6.45, 7) is 4.96. The molecule has 0 spiro atoms. The van der Waals surface area contributed by atoms with E-state index >= 15 is 0 Å². The van der Waals surface area contributed by atoms with E-state index in [9.17, 15) is 9.59 Å². The highest BCUT2D eigenvalue weighted by atomic mass is 16.4. The quantitative estimate of drug-likeness (QED) is 0.868. The fourth-order valence-corrected chi connectivity index (χ4v) is 2.39. The van der Waals surface area contributed by atoms with Gasteiger partial charge in [0.2, 0.25) is 11.9 Å². The number of nitrogens with zero attached hydrogens (tertiary/aromatic N) is 3. The van der Waals surface area contributed by atoms with Crippen LogP contribution in [0.15, 0.2) is 6.20 Å². The van der Waals surface area contributed by atoms with Gasteiger partial charge in [0.1, 0.15) is 6.04 Å². The minimum absolute atomic E-state index is 0.0262. The first-order valence-corrected chi connectivity index (χ1v) is 7.11. The lowest BCUT2D eigenvalue weighted by molar-refractivity contribution is -0.132. The summed E-state index contributed by atoms with van der Waals surface area (Å²) in [5.74, 6) is -0.759. The molecule has 2 N–H and O–H groups in total. The second-order valence-corrected chi connectivity index (χ2v) is 5.25. The lowest BCUT2D eigenvalue weighted by atomic mass is 10.1. The first-order chi connectivity index (χ1) is 9.99. The summed E-state index contributed by atoms with van der Waals surface area (Å²) < 4.78 is 0. The highest BCUT2D eigenvalue weighted by Crippen LogP contribution is 2.12. The van der Waals surface area contributed by atoms with Crippen LogP contribution in [0.2, 0.25) is 0 Å². The van der Waals surface area contributed by atoms with Crippen LogP contribution in [0.25, 0.3) is 0 Å². The van der Waals surface area contributed by atoms with E-state index in [1.54, 1.807) is 13.8 Å². The molecule has 0 saturated carbocycles. The summed E-state index contributed by atoms with van der Waals surface area (Å²) in [5, 5.41) is 11.9. The summed E-state index contributed by atoms with van der Waals surface area (Å²) in [6.07, 6.45) is 4.51. The van der Waals surface area contributed by atoms with E-state index in [1.807, 2.05) is 4.90 Å². The van der Waals surface area contributed by atoms with Gasteiger partial charge < -0.3 is 15.3 Å². The van der Waals surface area contributed by atoms with E-state index in [0.29, 0.717) is 5.69 Å². The Morgan fingerprint density at radius 2 is 2.00 bits per heavy atom. The molecule has 1 fully saturated rings. The number of hydrogen-bond donors (Lipinski definition) is 2. The van der Waals surface area contributed by atoms with Gasteiger partial charge in [-0.15, -0.1) is 0 Å². The SMILES string of the molecule is Cc1nc(NC(C)C(=O)N2CCCCC2)ncc1C(=O)O. The van der Waals surface area contributed by atoms with Crippen LogP contribution in [0.5, 0.6) is 0 Å². The van der Waals surface area contributed by atoms with Crippen molar-refractivity contribution in [3.05, 3.63) is 17.5 Å². The number of nitrogens with one attached hydrogen (secondary N) is 1. The molecule has 21 heavy (non-hydrogen) atoms. The van der Waals surface area contributed by atoms with Crippen molar-refractivity contribution in [1.29, 1.82) is 0 Å². The Hall–Kier alpha value is -2.18. The van der Waals surface area contributed by atoms with Gasteiger partial charge in [-0.2, -0.15) is 0 Å². The van der Waals surface area contributed by atoms with Gasteiger partial charge in [-0.05, 0) is 33.1 Å². The molecule has 114 valence electrons. The van der Waals surface area contributed by atoms with Crippen LogP contribution in [0.1, 0.15) is 42.2 Å². The molecule has 1 atom stereocenters. The van der Waals surface area contributed by atoms with Gasteiger partial charge in [-0.25, -0.2) is 14.8 Å². The minimum Gasteiger partial charge on any atom is -0.478 e. The fraction of sp³-hybridized carbons (Fsp3) is 0.571. The van der Waals surface area contributed by atoms with E-state index in [0.717, 1.165) is 25.9 Å². The number of carboxylic acids is 1. The number of aromatic nitrogens is 2. The van der Waals surface area contributed by atoms with Crippen LogP contribution < -0.4 is 5.32 Å². The number of aryl methyl sites for hydroxylation is 1. The Bertz CT molecular complexity index is 541. The van der Waals surface area contributed by atoms with Crippen LogP contribution >= 0.6 is 0 Å². The third-order valence-corrected chi connectivity index (χ3v) is 3.59. The highest BCUT2D eigenvalue weighted by Gasteiger charge is 2.22. The predicted molar refractivity (Wildman–Crippen MR) is 77.2 cm³/mol. The van der Waals surface area contributed by atoms with Crippen molar-refractivity contribution in [1.82, 2.24) is 14.9 Å². The molecule has 0 radical (unpaired) electrons. The molecule has 7 heteroatoms. The van der Waals surface area contributed by atoms with Crippen LogP contribution in [0, 0.1) is 6.92 Å². The monoisotopic (exact) mass is 292 g/mol. The Balaban J connectivity index is 2.01. The van der Waals surface area contributed by atoms with Crippen molar-refractivity contribution in [2.45, 2.75) is 39.2 Å². The number of aromatic carboxylic acids is 1. The van der Waals surface area contributed by atoms with E-state index in [-0.39, 0.29) is 17.4 Å². The molecular formula is C14H20N4O3. The number of anilines is 1. The minimum atomic E-state index is -1.06. The molecular weight excluding hydrogens is 272 g/mol. The fourth-order valence-electron chi connectivity index (χ4n) is 2.39. The summed E-state index contributed by atoms with van der Waals surface area (Å²) in [4.78, 5) is 33.1. The molecule has 1 aromatic heterocycles. The number of likely N-dealkylation sites (tertiary alicyclic amines) is 1. The molecule has 0 bridgehead atoms. The van der Waals surface area contributed by atoms with Crippen molar-refractivity contribution >= 4 is 17.8 Å². The van der Waals surface area contributed by atoms with Gasteiger partial charge in [-0.1, -0.05) is 0 Å². The zero-order chi connectivity index (χ0) is 15.4. The zero-order valence-corrected chi connectivity index (χ0v) is 12.3. The Morgan fingerprint density at radius 3 is 2.57 bits per heavy atom. The van der Waals surface area contributed by atoms with Crippen molar-refractivity contribution in [2.24, 2.45) is 0 Å². The predicted octanol–water partition coefficient (Wildman–Crippen LogP) is 1.30. The topological polar surface area (TPSA) is 95.4 Å². The average molecular weight is 292 g/mol. The van der Waals surface area contributed by atoms with Gasteiger partial charge in [0.05, 0.1) is 11.3 Å². The van der Waals surface area contributed by atoms with Gasteiger partial charge in [0, 0.05) is 19.3 Å². The van der Waals surface area contributed by atoms with Crippen LogP contribution in [0.3, 0.4) is 0 Å². The van der Waals surface area contributed by atoms with Crippen molar-refractivity contribution < 1.29 is 14.7 Å². The lowest BCUT2D eigenvalue weighted by Gasteiger charge is -2.29. The summed E-state index contributed by atoms with van der Waals surface area (Å²) in [5.41, 5.74) is 0.438. The van der Waals surface area contributed by atoms with Gasteiger partial charge >= 0.3 is 5.97 Å². The zero-order valence-electron chi connectivity index (χ0n) is 12.3. The second-order valence-electron chi connectivity index (χ2n) is 5.25. The Labute approximate surface area is 123 Å². The maximum atomic E-state index is 12.3. The molecule has 1 unspecified atom stereocenters. The second kappa shape index (κ2) is 6.51. The van der Waals surface area contributed by atoms with E-state index in [2.05, 4.69) is 15.3 Å².